The van der Waals surface area contributed by atoms with E-state index in [2.05, 4.69) is 4.98 Å². The number of hydrogen-bond acceptors (Lipinski definition) is 5. The number of rotatable bonds is 6. The van der Waals surface area contributed by atoms with E-state index < -0.39 is 0 Å². The molecule has 1 aromatic heterocycles. The largest absolute Gasteiger partial charge is 0.497 e. The highest BCUT2D eigenvalue weighted by atomic mass is 16.5. The third-order valence-corrected chi connectivity index (χ3v) is 4.39. The number of aromatic nitrogens is 1. The summed E-state index contributed by atoms with van der Waals surface area (Å²) >= 11 is 0. The van der Waals surface area contributed by atoms with E-state index in [0.717, 1.165) is 30.7 Å². The molecule has 2 heterocycles. The number of benzene rings is 1. The number of carbonyl (C=O) groups is 1. The van der Waals surface area contributed by atoms with Crippen LogP contribution in [0.25, 0.3) is 11.3 Å². The molecule has 0 bridgehead atoms. The molecule has 0 radical (unpaired) electrons. The number of amides is 1. The number of methoxy groups -OCH3 is 1. The normalized spacial score (nSPS) is 17.2. The molecule has 0 unspecified atom stereocenters. The van der Waals surface area contributed by atoms with E-state index in [1.807, 2.05) is 24.3 Å². The average molecular weight is 330 g/mol. The topological polar surface area (TPSA) is 75.8 Å². The van der Waals surface area contributed by atoms with Gasteiger partial charge in [0, 0.05) is 24.9 Å². The van der Waals surface area contributed by atoms with Crippen molar-refractivity contribution in [2.24, 2.45) is 0 Å². The van der Waals surface area contributed by atoms with Gasteiger partial charge in [0.05, 0.1) is 26.0 Å². The minimum atomic E-state index is -0.0306. The maximum Gasteiger partial charge on any atom is 0.223 e. The maximum absolute atomic E-state index is 12.3. The van der Waals surface area contributed by atoms with Crippen LogP contribution in [0.4, 0.5) is 0 Å². The van der Waals surface area contributed by atoms with E-state index in [1.54, 1.807) is 18.2 Å². The van der Waals surface area contributed by atoms with Crippen molar-refractivity contribution in [1.82, 2.24) is 9.88 Å². The lowest BCUT2D eigenvalue weighted by Crippen LogP contribution is -2.37. The molecule has 1 atom stereocenters. The molecule has 1 aliphatic heterocycles. The number of carbonyl (C=O) groups excluding carboxylic acids is 1. The first kappa shape index (κ1) is 16.5. The molecular formula is C18H22N2O4. The second-order valence-electron chi connectivity index (χ2n) is 5.91. The molecule has 6 heteroatoms. The van der Waals surface area contributed by atoms with E-state index in [9.17, 15) is 9.90 Å². The van der Waals surface area contributed by atoms with Crippen LogP contribution in [-0.4, -0.2) is 47.2 Å². The van der Waals surface area contributed by atoms with Crippen molar-refractivity contribution in [1.29, 1.82) is 0 Å². The first-order chi connectivity index (χ1) is 11.7. The number of likely N-dealkylation sites (tertiary alicyclic amines) is 1. The fraction of sp³-hybridized carbons (Fsp3) is 0.444. The molecule has 1 aromatic carbocycles. The first-order valence-corrected chi connectivity index (χ1v) is 8.20. The molecule has 6 nitrogen and oxygen atoms in total. The van der Waals surface area contributed by atoms with Crippen molar-refractivity contribution in [2.45, 2.75) is 31.7 Å². The van der Waals surface area contributed by atoms with Crippen LogP contribution in [0.3, 0.4) is 0 Å². The lowest BCUT2D eigenvalue weighted by Gasteiger charge is -2.22. The van der Waals surface area contributed by atoms with Crippen molar-refractivity contribution in [3.63, 3.8) is 0 Å². The van der Waals surface area contributed by atoms with Gasteiger partial charge < -0.3 is 19.2 Å². The van der Waals surface area contributed by atoms with Gasteiger partial charge in [-0.2, -0.15) is 0 Å². The Morgan fingerprint density at radius 2 is 2.21 bits per heavy atom. The fourth-order valence-electron chi connectivity index (χ4n) is 3.03. The SMILES string of the molecule is COc1ccc(-c2cnc(CCC(=O)N3CCC[C@@H]3CO)o2)cc1. The Labute approximate surface area is 141 Å². The zero-order chi connectivity index (χ0) is 16.9. The minimum absolute atomic E-state index is 0.0306. The maximum atomic E-state index is 12.3. The molecule has 1 N–H and O–H groups in total. The van der Waals surface area contributed by atoms with Crippen molar-refractivity contribution in [3.05, 3.63) is 36.4 Å². The highest BCUT2D eigenvalue weighted by molar-refractivity contribution is 5.77. The molecule has 1 saturated heterocycles. The number of nitrogens with zero attached hydrogens (tertiary/aromatic N) is 2. The molecular weight excluding hydrogens is 308 g/mol. The van der Waals surface area contributed by atoms with Crippen LogP contribution in [0.1, 0.15) is 25.2 Å². The number of aryl methyl sites for hydroxylation is 1. The van der Waals surface area contributed by atoms with E-state index in [-0.39, 0.29) is 18.6 Å². The van der Waals surface area contributed by atoms with E-state index in [0.29, 0.717) is 24.5 Å². The van der Waals surface area contributed by atoms with Crippen LogP contribution in [0.2, 0.25) is 0 Å². The summed E-state index contributed by atoms with van der Waals surface area (Å²) in [5.74, 6) is 2.06. The van der Waals surface area contributed by atoms with Crippen LogP contribution < -0.4 is 4.74 Å². The predicted octanol–water partition coefficient (Wildman–Crippen LogP) is 2.27. The van der Waals surface area contributed by atoms with Gasteiger partial charge in [-0.15, -0.1) is 0 Å². The van der Waals surface area contributed by atoms with Crippen molar-refractivity contribution in [2.75, 3.05) is 20.3 Å². The van der Waals surface area contributed by atoms with Crippen LogP contribution in [-0.2, 0) is 11.2 Å². The molecule has 1 aliphatic rings. The van der Waals surface area contributed by atoms with Gasteiger partial charge in [-0.1, -0.05) is 0 Å². The Hall–Kier alpha value is -2.34. The molecule has 1 amide bonds. The summed E-state index contributed by atoms with van der Waals surface area (Å²) in [7, 11) is 1.63. The number of oxazole rings is 1. The number of aliphatic hydroxyl groups is 1. The zero-order valence-electron chi connectivity index (χ0n) is 13.8. The Morgan fingerprint density at radius 1 is 1.42 bits per heavy atom. The molecule has 0 spiro atoms. The summed E-state index contributed by atoms with van der Waals surface area (Å²) < 4.78 is 10.9. The Kier molecular flexibility index (Phi) is 5.15. The predicted molar refractivity (Wildman–Crippen MR) is 88.6 cm³/mol. The summed E-state index contributed by atoms with van der Waals surface area (Å²) in [6, 6.07) is 7.51. The smallest absolute Gasteiger partial charge is 0.223 e. The Bertz CT molecular complexity index is 681. The third kappa shape index (κ3) is 3.59. The molecule has 24 heavy (non-hydrogen) atoms. The summed E-state index contributed by atoms with van der Waals surface area (Å²) in [5.41, 5.74) is 0.917. The van der Waals surface area contributed by atoms with Crippen LogP contribution >= 0.6 is 0 Å². The van der Waals surface area contributed by atoms with Crippen molar-refractivity contribution in [3.8, 4) is 17.1 Å². The van der Waals surface area contributed by atoms with Crippen LogP contribution in [0.5, 0.6) is 5.75 Å². The van der Waals surface area contributed by atoms with Gasteiger partial charge in [0.25, 0.3) is 0 Å². The van der Waals surface area contributed by atoms with E-state index in [4.69, 9.17) is 9.15 Å². The van der Waals surface area contributed by atoms with Crippen molar-refractivity contribution >= 4 is 5.91 Å². The molecule has 0 saturated carbocycles. The van der Waals surface area contributed by atoms with Crippen molar-refractivity contribution < 1.29 is 19.1 Å². The summed E-state index contributed by atoms with van der Waals surface area (Å²) in [4.78, 5) is 18.3. The van der Waals surface area contributed by atoms with Gasteiger partial charge in [0.15, 0.2) is 11.7 Å². The molecule has 0 aliphatic carbocycles. The van der Waals surface area contributed by atoms with Gasteiger partial charge in [-0.05, 0) is 37.1 Å². The van der Waals surface area contributed by atoms with Crippen LogP contribution in [0, 0.1) is 0 Å². The highest BCUT2D eigenvalue weighted by Gasteiger charge is 2.27. The van der Waals surface area contributed by atoms with Gasteiger partial charge in [0.1, 0.15) is 5.75 Å². The Morgan fingerprint density at radius 3 is 2.92 bits per heavy atom. The quantitative estimate of drug-likeness (QED) is 0.879. The van der Waals surface area contributed by atoms with Gasteiger partial charge in [-0.3, -0.25) is 4.79 Å². The number of ether oxygens (including phenoxy) is 1. The standard InChI is InChI=1S/C18H22N2O4/c1-23-15-6-4-13(5-7-15)16-11-19-17(24-16)8-9-18(22)20-10-2-3-14(20)12-21/h4-7,11,14,21H,2-3,8-10,12H2,1H3/t14-/m1/s1. The summed E-state index contributed by atoms with van der Waals surface area (Å²) in [5, 5.41) is 9.30. The monoisotopic (exact) mass is 330 g/mol. The average Bonchev–Trinajstić information content (AvgIpc) is 3.29. The summed E-state index contributed by atoms with van der Waals surface area (Å²) in [6.45, 7) is 0.763. The van der Waals surface area contributed by atoms with Crippen LogP contribution in [0.15, 0.2) is 34.9 Å². The molecule has 128 valence electrons. The summed E-state index contributed by atoms with van der Waals surface area (Å²) in [6.07, 6.45) is 4.32. The second-order valence-corrected chi connectivity index (χ2v) is 5.91. The lowest BCUT2D eigenvalue weighted by molar-refractivity contribution is -0.132. The third-order valence-electron chi connectivity index (χ3n) is 4.39. The zero-order valence-corrected chi connectivity index (χ0v) is 13.8. The van der Waals surface area contributed by atoms with Gasteiger partial charge in [0.2, 0.25) is 5.91 Å². The number of aliphatic hydroxyl groups excluding tert-OH is 1. The minimum Gasteiger partial charge on any atom is -0.497 e. The van der Waals surface area contributed by atoms with E-state index in [1.165, 1.54) is 0 Å². The second kappa shape index (κ2) is 7.49. The van der Waals surface area contributed by atoms with E-state index >= 15 is 0 Å². The molecule has 2 aromatic rings. The Balaban J connectivity index is 1.58. The fourth-order valence-corrected chi connectivity index (χ4v) is 3.03. The van der Waals surface area contributed by atoms with Gasteiger partial charge in [-0.25, -0.2) is 4.98 Å². The number of hydrogen-bond donors (Lipinski definition) is 1. The lowest BCUT2D eigenvalue weighted by atomic mass is 10.2. The first-order valence-electron chi connectivity index (χ1n) is 8.20. The molecule has 1 fully saturated rings. The molecule has 3 rings (SSSR count). The highest BCUT2D eigenvalue weighted by Crippen LogP contribution is 2.24. The van der Waals surface area contributed by atoms with Gasteiger partial charge >= 0.3 is 0 Å².